The molecule has 5 heteroatoms. The summed E-state index contributed by atoms with van der Waals surface area (Å²) < 4.78 is 37.6. The van der Waals surface area contributed by atoms with Crippen LogP contribution in [0.3, 0.4) is 0 Å². The molecule has 88 valence electrons. The van der Waals surface area contributed by atoms with E-state index < -0.39 is 17.5 Å². The molecule has 1 saturated carbocycles. The molecule has 0 saturated heterocycles. The second-order valence-electron chi connectivity index (χ2n) is 4.21. The van der Waals surface area contributed by atoms with Crippen molar-refractivity contribution in [2.75, 3.05) is 6.54 Å². The lowest BCUT2D eigenvalue weighted by molar-refractivity contribution is -0.138. The van der Waals surface area contributed by atoms with E-state index in [1.807, 2.05) is 0 Å². The first-order valence-electron chi connectivity index (χ1n) is 5.00. The van der Waals surface area contributed by atoms with Crippen molar-refractivity contribution in [1.29, 1.82) is 0 Å². The molecular weight excluding hydrogens is 219 g/mol. The van der Waals surface area contributed by atoms with Gasteiger partial charge in [-0.2, -0.15) is 13.2 Å². The van der Waals surface area contributed by atoms with E-state index in [4.69, 9.17) is 5.73 Å². The average molecular weight is 231 g/mol. The highest BCUT2D eigenvalue weighted by molar-refractivity contribution is 5.43. The zero-order chi connectivity index (χ0) is 12.0. The number of hydrogen-bond donors (Lipinski definition) is 2. The molecule has 2 rings (SSSR count). The molecular formula is C11H12F3NO. The molecule has 1 aromatic rings. The standard InChI is InChI=1S/C11H12F3NO/c12-11(13,14)8-5-7(1-2-9(8)16)10(6-15)3-4-10/h1-2,5,16H,3-4,6,15H2. The number of phenols is 1. The first-order chi connectivity index (χ1) is 7.39. The summed E-state index contributed by atoms with van der Waals surface area (Å²) in [6, 6.07) is 3.62. The zero-order valence-electron chi connectivity index (χ0n) is 8.51. The molecule has 0 spiro atoms. The summed E-state index contributed by atoms with van der Waals surface area (Å²) in [6.45, 7) is 0.342. The van der Waals surface area contributed by atoms with Gasteiger partial charge in [-0.3, -0.25) is 0 Å². The highest BCUT2D eigenvalue weighted by Crippen LogP contribution is 2.49. The number of aromatic hydroxyl groups is 1. The van der Waals surface area contributed by atoms with E-state index in [-0.39, 0.29) is 5.41 Å². The number of rotatable bonds is 2. The number of alkyl halides is 3. The fourth-order valence-corrected chi connectivity index (χ4v) is 1.85. The molecule has 0 radical (unpaired) electrons. The molecule has 1 aliphatic carbocycles. The van der Waals surface area contributed by atoms with Crippen LogP contribution in [0.4, 0.5) is 13.2 Å². The molecule has 0 unspecified atom stereocenters. The highest BCUT2D eigenvalue weighted by atomic mass is 19.4. The van der Waals surface area contributed by atoms with Gasteiger partial charge >= 0.3 is 6.18 Å². The van der Waals surface area contributed by atoms with Crippen LogP contribution >= 0.6 is 0 Å². The van der Waals surface area contributed by atoms with Gasteiger partial charge in [0.05, 0.1) is 5.56 Å². The monoisotopic (exact) mass is 231 g/mol. The Bertz CT molecular complexity index is 410. The third kappa shape index (κ3) is 1.75. The topological polar surface area (TPSA) is 46.2 Å². The maximum atomic E-state index is 12.5. The van der Waals surface area contributed by atoms with Gasteiger partial charge in [-0.25, -0.2) is 0 Å². The summed E-state index contributed by atoms with van der Waals surface area (Å²) in [7, 11) is 0. The van der Waals surface area contributed by atoms with Gasteiger partial charge in [0.2, 0.25) is 0 Å². The summed E-state index contributed by atoms with van der Waals surface area (Å²) in [5.41, 5.74) is 4.84. The molecule has 2 nitrogen and oxygen atoms in total. The van der Waals surface area contributed by atoms with Crippen molar-refractivity contribution in [3.8, 4) is 5.75 Å². The Labute approximate surface area is 90.9 Å². The van der Waals surface area contributed by atoms with Crippen LogP contribution in [0, 0.1) is 0 Å². The number of phenolic OH excluding ortho intramolecular Hbond substituents is 1. The van der Waals surface area contributed by atoms with Crippen molar-refractivity contribution in [2.45, 2.75) is 24.4 Å². The first kappa shape index (κ1) is 11.3. The minimum absolute atomic E-state index is 0.298. The Morgan fingerprint density at radius 3 is 2.38 bits per heavy atom. The molecule has 0 aliphatic heterocycles. The Kier molecular flexibility index (Phi) is 2.38. The smallest absolute Gasteiger partial charge is 0.419 e. The lowest BCUT2D eigenvalue weighted by Gasteiger charge is -2.16. The predicted octanol–water partition coefficient (Wildman–Crippen LogP) is 2.40. The van der Waals surface area contributed by atoms with Crippen LogP contribution in [-0.2, 0) is 11.6 Å². The zero-order valence-corrected chi connectivity index (χ0v) is 8.51. The fourth-order valence-electron chi connectivity index (χ4n) is 1.85. The number of benzene rings is 1. The minimum Gasteiger partial charge on any atom is -0.507 e. The van der Waals surface area contributed by atoms with Crippen LogP contribution in [0.25, 0.3) is 0 Å². The molecule has 0 amide bonds. The van der Waals surface area contributed by atoms with E-state index in [0.717, 1.165) is 25.0 Å². The Morgan fingerprint density at radius 1 is 1.31 bits per heavy atom. The van der Waals surface area contributed by atoms with Gasteiger partial charge < -0.3 is 10.8 Å². The van der Waals surface area contributed by atoms with Crippen LogP contribution < -0.4 is 5.73 Å². The van der Waals surface area contributed by atoms with Crippen molar-refractivity contribution in [3.05, 3.63) is 29.3 Å². The van der Waals surface area contributed by atoms with E-state index in [1.165, 1.54) is 6.07 Å². The molecule has 1 aromatic carbocycles. The summed E-state index contributed by atoms with van der Waals surface area (Å²) in [5, 5.41) is 9.18. The molecule has 3 N–H and O–H groups in total. The van der Waals surface area contributed by atoms with Gasteiger partial charge in [-0.1, -0.05) is 6.07 Å². The first-order valence-corrected chi connectivity index (χ1v) is 5.00. The molecule has 1 fully saturated rings. The van der Waals surface area contributed by atoms with Crippen LogP contribution in [0.1, 0.15) is 24.0 Å². The minimum atomic E-state index is -4.52. The maximum absolute atomic E-state index is 12.5. The normalized spacial score (nSPS) is 18.5. The lowest BCUT2D eigenvalue weighted by atomic mass is 9.94. The summed E-state index contributed by atoms with van der Waals surface area (Å²) in [5.74, 6) is -0.732. The quantitative estimate of drug-likeness (QED) is 0.821. The lowest BCUT2D eigenvalue weighted by Crippen LogP contribution is -2.20. The molecule has 0 heterocycles. The van der Waals surface area contributed by atoms with E-state index in [0.29, 0.717) is 12.1 Å². The number of hydrogen-bond acceptors (Lipinski definition) is 2. The summed E-state index contributed by atoms with van der Waals surface area (Å²) in [4.78, 5) is 0. The van der Waals surface area contributed by atoms with E-state index >= 15 is 0 Å². The van der Waals surface area contributed by atoms with Gasteiger partial charge in [0.15, 0.2) is 0 Å². The van der Waals surface area contributed by atoms with E-state index in [1.54, 1.807) is 0 Å². The molecule has 1 aliphatic rings. The molecule has 16 heavy (non-hydrogen) atoms. The van der Waals surface area contributed by atoms with E-state index in [9.17, 15) is 18.3 Å². The van der Waals surface area contributed by atoms with Crippen LogP contribution in [0.2, 0.25) is 0 Å². The third-order valence-corrected chi connectivity index (χ3v) is 3.16. The largest absolute Gasteiger partial charge is 0.507 e. The highest BCUT2D eigenvalue weighted by Gasteiger charge is 2.44. The number of nitrogens with two attached hydrogens (primary N) is 1. The fraction of sp³-hybridized carbons (Fsp3) is 0.455. The van der Waals surface area contributed by atoms with Gasteiger partial charge in [0, 0.05) is 12.0 Å². The van der Waals surface area contributed by atoms with Gasteiger partial charge in [0.1, 0.15) is 5.75 Å². The van der Waals surface area contributed by atoms with Crippen LogP contribution in [-0.4, -0.2) is 11.7 Å². The Hall–Kier alpha value is -1.23. The molecule has 0 aromatic heterocycles. The van der Waals surface area contributed by atoms with Crippen molar-refractivity contribution >= 4 is 0 Å². The van der Waals surface area contributed by atoms with Crippen LogP contribution in [0.15, 0.2) is 18.2 Å². The second-order valence-corrected chi connectivity index (χ2v) is 4.21. The predicted molar refractivity (Wildman–Crippen MR) is 53.1 cm³/mol. The van der Waals surface area contributed by atoms with Gasteiger partial charge in [-0.05, 0) is 30.5 Å². The van der Waals surface area contributed by atoms with E-state index in [2.05, 4.69) is 0 Å². The third-order valence-electron chi connectivity index (χ3n) is 3.16. The van der Waals surface area contributed by atoms with Crippen molar-refractivity contribution < 1.29 is 18.3 Å². The average Bonchev–Trinajstić information content (AvgIpc) is 2.97. The van der Waals surface area contributed by atoms with Crippen molar-refractivity contribution in [3.63, 3.8) is 0 Å². The van der Waals surface area contributed by atoms with Gasteiger partial charge in [-0.15, -0.1) is 0 Å². The van der Waals surface area contributed by atoms with Crippen molar-refractivity contribution in [2.24, 2.45) is 5.73 Å². The maximum Gasteiger partial charge on any atom is 0.419 e. The summed E-state index contributed by atoms with van der Waals surface area (Å²) in [6.07, 6.45) is -2.90. The van der Waals surface area contributed by atoms with Crippen LogP contribution in [0.5, 0.6) is 5.75 Å². The van der Waals surface area contributed by atoms with Crippen molar-refractivity contribution in [1.82, 2.24) is 0 Å². The molecule has 0 atom stereocenters. The van der Waals surface area contributed by atoms with Gasteiger partial charge in [0.25, 0.3) is 0 Å². The Morgan fingerprint density at radius 2 is 1.94 bits per heavy atom. The SMILES string of the molecule is NCC1(c2ccc(O)c(C(F)(F)F)c2)CC1. The Balaban J connectivity index is 2.44. The number of halogens is 3. The summed E-state index contributed by atoms with van der Waals surface area (Å²) >= 11 is 0. The molecule has 0 bridgehead atoms. The second kappa shape index (κ2) is 3.38.